The van der Waals surface area contributed by atoms with E-state index in [2.05, 4.69) is 22.9 Å². The molecule has 5 aromatic rings. The Morgan fingerprint density at radius 3 is 2.34 bits per heavy atom. The smallest absolute Gasteiger partial charge is 0.218 e. The van der Waals surface area contributed by atoms with Gasteiger partial charge in [0.05, 0.1) is 0 Å². The zero-order valence-corrected chi connectivity index (χ0v) is 19.1. The summed E-state index contributed by atoms with van der Waals surface area (Å²) in [6.45, 7) is 0.585. The van der Waals surface area contributed by atoms with E-state index in [9.17, 15) is 9.18 Å². The molecule has 1 atom stereocenters. The van der Waals surface area contributed by atoms with E-state index in [0.717, 1.165) is 33.3 Å². The summed E-state index contributed by atoms with van der Waals surface area (Å²) in [5.41, 5.74) is 9.69. The van der Waals surface area contributed by atoms with Crippen LogP contribution in [0.15, 0.2) is 109 Å². The average molecular weight is 465 g/mol. The zero-order valence-electron chi connectivity index (χ0n) is 19.1. The Kier molecular flexibility index (Phi) is 6.31. The van der Waals surface area contributed by atoms with E-state index in [4.69, 9.17) is 10.5 Å². The highest BCUT2D eigenvalue weighted by Gasteiger charge is 2.22. The SMILES string of the molecule is NC(=O)C[C@@H](c1cccc(Oc2ccccc2)c1)c1cn(Cc2ccc(F)cc2)c2ccccc12. The van der Waals surface area contributed by atoms with Gasteiger partial charge in [0.15, 0.2) is 0 Å². The van der Waals surface area contributed by atoms with E-state index in [-0.39, 0.29) is 24.1 Å². The highest BCUT2D eigenvalue weighted by atomic mass is 19.1. The third-order valence-corrected chi connectivity index (χ3v) is 6.11. The van der Waals surface area contributed by atoms with Crippen LogP contribution in [0.1, 0.15) is 29.0 Å². The second-order valence-corrected chi connectivity index (χ2v) is 8.57. The molecule has 0 bridgehead atoms. The highest BCUT2D eigenvalue weighted by Crippen LogP contribution is 2.36. The summed E-state index contributed by atoms with van der Waals surface area (Å²) in [6, 6.07) is 32.0. The monoisotopic (exact) mass is 464 g/mol. The summed E-state index contributed by atoms with van der Waals surface area (Å²) >= 11 is 0. The number of halogens is 1. The molecule has 35 heavy (non-hydrogen) atoms. The first-order chi connectivity index (χ1) is 17.1. The summed E-state index contributed by atoms with van der Waals surface area (Å²) in [4.78, 5) is 12.1. The first kappa shape index (κ1) is 22.4. The minimum absolute atomic E-state index is 0.166. The van der Waals surface area contributed by atoms with Gasteiger partial charge in [0, 0.05) is 36.0 Å². The summed E-state index contributed by atoms with van der Waals surface area (Å²) < 4.78 is 21.6. The number of ether oxygens (including phenoxy) is 1. The maximum atomic E-state index is 13.4. The van der Waals surface area contributed by atoms with Crippen LogP contribution in [0, 0.1) is 5.82 Å². The van der Waals surface area contributed by atoms with Crippen LogP contribution in [0.25, 0.3) is 10.9 Å². The number of nitrogens with zero attached hydrogens (tertiary/aromatic N) is 1. The van der Waals surface area contributed by atoms with Gasteiger partial charge < -0.3 is 15.0 Å². The van der Waals surface area contributed by atoms with Crippen molar-refractivity contribution in [1.29, 1.82) is 0 Å². The summed E-state index contributed by atoms with van der Waals surface area (Å²) in [5, 5.41) is 1.05. The Labute approximate surface area is 203 Å². The average Bonchev–Trinajstić information content (AvgIpc) is 3.23. The standard InChI is InChI=1S/C30H25FN2O2/c31-23-15-13-21(14-16-23)19-33-20-28(26-11-4-5-12-29(26)33)27(18-30(32)34)22-7-6-10-25(17-22)35-24-8-2-1-3-9-24/h1-17,20,27H,18-19H2,(H2,32,34)/t27-/m0/s1. The first-order valence-corrected chi connectivity index (χ1v) is 11.5. The Bertz CT molecular complexity index is 1460. The predicted molar refractivity (Wildman–Crippen MR) is 136 cm³/mol. The lowest BCUT2D eigenvalue weighted by atomic mass is 9.88. The lowest BCUT2D eigenvalue weighted by Crippen LogP contribution is -2.16. The summed E-state index contributed by atoms with van der Waals surface area (Å²) in [6.07, 6.45) is 2.24. The van der Waals surface area contributed by atoms with Crippen molar-refractivity contribution in [2.75, 3.05) is 0 Å². The number of primary amides is 1. The van der Waals surface area contributed by atoms with Gasteiger partial charge in [0.2, 0.25) is 5.91 Å². The molecule has 0 aliphatic rings. The third kappa shape index (κ3) is 5.09. The van der Waals surface area contributed by atoms with E-state index in [1.165, 1.54) is 12.1 Å². The molecule has 0 saturated heterocycles. The highest BCUT2D eigenvalue weighted by molar-refractivity contribution is 5.86. The number of nitrogens with two attached hydrogens (primary N) is 1. The van der Waals surface area contributed by atoms with Crippen LogP contribution in [0.2, 0.25) is 0 Å². The van der Waals surface area contributed by atoms with Gasteiger partial charge in [-0.1, -0.05) is 60.7 Å². The molecule has 0 aliphatic heterocycles. The molecule has 0 aliphatic carbocycles. The van der Waals surface area contributed by atoms with Gasteiger partial charge in [0.1, 0.15) is 17.3 Å². The number of aromatic nitrogens is 1. The maximum Gasteiger partial charge on any atom is 0.218 e. The van der Waals surface area contributed by atoms with Crippen molar-refractivity contribution in [3.8, 4) is 11.5 Å². The molecule has 2 N–H and O–H groups in total. The van der Waals surface area contributed by atoms with E-state index in [1.54, 1.807) is 12.1 Å². The van der Waals surface area contributed by atoms with Crippen LogP contribution in [-0.2, 0) is 11.3 Å². The predicted octanol–water partition coefficient (Wildman–Crippen LogP) is 6.63. The number of hydrogen-bond donors (Lipinski definition) is 1. The topological polar surface area (TPSA) is 57.3 Å². The van der Waals surface area contributed by atoms with Crippen molar-refractivity contribution >= 4 is 16.8 Å². The maximum absolute atomic E-state index is 13.4. The van der Waals surface area contributed by atoms with Gasteiger partial charge in [0.25, 0.3) is 0 Å². The van der Waals surface area contributed by atoms with Crippen molar-refractivity contribution in [2.24, 2.45) is 5.73 Å². The number of amides is 1. The molecular formula is C30H25FN2O2. The number of hydrogen-bond acceptors (Lipinski definition) is 2. The van der Waals surface area contributed by atoms with Crippen LogP contribution in [0.3, 0.4) is 0 Å². The van der Waals surface area contributed by atoms with E-state index >= 15 is 0 Å². The Morgan fingerprint density at radius 2 is 1.57 bits per heavy atom. The zero-order chi connectivity index (χ0) is 24.2. The van der Waals surface area contributed by atoms with E-state index in [0.29, 0.717) is 12.3 Å². The Balaban J connectivity index is 1.55. The quantitative estimate of drug-likeness (QED) is 0.280. The molecule has 0 saturated carbocycles. The van der Waals surface area contributed by atoms with Gasteiger partial charge in [-0.2, -0.15) is 0 Å². The van der Waals surface area contributed by atoms with Crippen LogP contribution in [-0.4, -0.2) is 10.5 Å². The Morgan fingerprint density at radius 1 is 0.857 bits per heavy atom. The third-order valence-electron chi connectivity index (χ3n) is 6.11. The molecule has 1 amide bonds. The van der Waals surface area contributed by atoms with Crippen molar-refractivity contribution in [3.05, 3.63) is 132 Å². The molecule has 0 unspecified atom stereocenters. The van der Waals surface area contributed by atoms with Gasteiger partial charge in [-0.3, -0.25) is 4.79 Å². The van der Waals surface area contributed by atoms with Crippen LogP contribution in [0.4, 0.5) is 4.39 Å². The van der Waals surface area contributed by atoms with Crippen molar-refractivity contribution in [3.63, 3.8) is 0 Å². The Hall–Kier alpha value is -4.38. The summed E-state index contributed by atoms with van der Waals surface area (Å²) in [7, 11) is 0. The summed E-state index contributed by atoms with van der Waals surface area (Å²) in [5.74, 6) is 0.557. The second-order valence-electron chi connectivity index (χ2n) is 8.57. The molecule has 4 aromatic carbocycles. The number of para-hydroxylation sites is 2. The van der Waals surface area contributed by atoms with Gasteiger partial charge >= 0.3 is 0 Å². The minimum Gasteiger partial charge on any atom is -0.457 e. The van der Waals surface area contributed by atoms with Gasteiger partial charge in [-0.05, 0) is 59.2 Å². The molecule has 0 fully saturated rings. The number of carbonyl (C=O) groups is 1. The first-order valence-electron chi connectivity index (χ1n) is 11.5. The molecule has 4 nitrogen and oxygen atoms in total. The fourth-order valence-corrected chi connectivity index (χ4v) is 4.50. The minimum atomic E-state index is -0.375. The second kappa shape index (κ2) is 9.85. The lowest BCUT2D eigenvalue weighted by Gasteiger charge is -2.17. The van der Waals surface area contributed by atoms with Crippen molar-refractivity contribution in [1.82, 2.24) is 4.57 Å². The van der Waals surface area contributed by atoms with E-state index in [1.807, 2.05) is 66.7 Å². The molecule has 1 heterocycles. The molecular weight excluding hydrogens is 439 g/mol. The fourth-order valence-electron chi connectivity index (χ4n) is 4.50. The largest absolute Gasteiger partial charge is 0.457 e. The van der Waals surface area contributed by atoms with Gasteiger partial charge in [-0.15, -0.1) is 0 Å². The number of rotatable bonds is 8. The van der Waals surface area contributed by atoms with Crippen molar-refractivity contribution < 1.29 is 13.9 Å². The fraction of sp³-hybridized carbons (Fsp3) is 0.100. The number of benzene rings is 4. The molecule has 0 radical (unpaired) electrons. The molecule has 0 spiro atoms. The van der Waals surface area contributed by atoms with Crippen molar-refractivity contribution in [2.45, 2.75) is 18.9 Å². The molecule has 1 aromatic heterocycles. The van der Waals surface area contributed by atoms with Gasteiger partial charge in [-0.25, -0.2) is 4.39 Å². The number of fused-ring (bicyclic) bond motifs is 1. The molecule has 5 heteroatoms. The van der Waals surface area contributed by atoms with Crippen LogP contribution >= 0.6 is 0 Å². The molecule has 5 rings (SSSR count). The number of carbonyl (C=O) groups excluding carboxylic acids is 1. The molecule has 174 valence electrons. The van der Waals surface area contributed by atoms with Crippen LogP contribution in [0.5, 0.6) is 11.5 Å². The van der Waals surface area contributed by atoms with Crippen LogP contribution < -0.4 is 10.5 Å². The lowest BCUT2D eigenvalue weighted by molar-refractivity contribution is -0.118. The van der Waals surface area contributed by atoms with E-state index < -0.39 is 0 Å². The normalized spacial score (nSPS) is 11.9.